The fourth-order valence-electron chi connectivity index (χ4n) is 7.47. The van der Waals surface area contributed by atoms with Crippen LogP contribution >= 0.6 is 11.8 Å². The molecule has 0 N–H and O–H groups in total. The third-order valence-corrected chi connectivity index (χ3v) is 11.1. The highest BCUT2D eigenvalue weighted by Crippen LogP contribution is 2.52. The molecule has 0 bridgehead atoms. The summed E-state index contributed by atoms with van der Waals surface area (Å²) in [5.74, 6) is 0.702. The Bertz CT molecular complexity index is 2660. The highest BCUT2D eigenvalue weighted by atomic mass is 32.2. The molecule has 3 nitrogen and oxygen atoms in total. The molecule has 0 unspecified atom stereocenters. The molecule has 0 spiro atoms. The molecule has 0 radical (unpaired) electrons. The Labute approximate surface area is 295 Å². The third-order valence-electron chi connectivity index (χ3n) is 9.95. The molecular weight excluding hydrogens is 627 g/mol. The van der Waals surface area contributed by atoms with Crippen LogP contribution in [-0.2, 0) is 5.41 Å². The van der Waals surface area contributed by atoms with Crippen molar-refractivity contribution in [2.45, 2.75) is 29.1 Å². The SMILES string of the molecule is CC1(C)c2cc(C#N)ccc2Sc2cccc(-c3cccc(-c4nc(-c5ccc(-c6cccc7ccccc67)cc5)nc5ccccc45)c3)c21. The highest BCUT2D eigenvalue weighted by Gasteiger charge is 2.35. The molecule has 2 heterocycles. The van der Waals surface area contributed by atoms with Crippen LogP contribution in [0.25, 0.3) is 66.6 Å². The van der Waals surface area contributed by atoms with Gasteiger partial charge in [0.15, 0.2) is 5.82 Å². The first-order valence-corrected chi connectivity index (χ1v) is 17.6. The van der Waals surface area contributed by atoms with Gasteiger partial charge >= 0.3 is 0 Å². The molecule has 1 aliphatic heterocycles. The summed E-state index contributed by atoms with van der Waals surface area (Å²) in [6.07, 6.45) is 0. The molecule has 236 valence electrons. The molecule has 1 aromatic heterocycles. The van der Waals surface area contributed by atoms with Crippen molar-refractivity contribution in [2.24, 2.45) is 0 Å². The Balaban J connectivity index is 1.14. The van der Waals surface area contributed by atoms with Crippen molar-refractivity contribution in [3.8, 4) is 51.0 Å². The second-order valence-electron chi connectivity index (χ2n) is 13.3. The third kappa shape index (κ3) is 4.98. The molecule has 7 aromatic carbocycles. The lowest BCUT2D eigenvalue weighted by atomic mass is 9.74. The summed E-state index contributed by atoms with van der Waals surface area (Å²) in [7, 11) is 0. The van der Waals surface area contributed by atoms with Crippen molar-refractivity contribution >= 4 is 33.4 Å². The van der Waals surface area contributed by atoms with Gasteiger partial charge in [-0.2, -0.15) is 5.26 Å². The van der Waals surface area contributed by atoms with E-state index in [-0.39, 0.29) is 5.41 Å². The van der Waals surface area contributed by atoms with E-state index >= 15 is 0 Å². The van der Waals surface area contributed by atoms with Crippen LogP contribution in [0.4, 0.5) is 0 Å². The van der Waals surface area contributed by atoms with Gasteiger partial charge in [0.05, 0.1) is 22.8 Å². The minimum absolute atomic E-state index is 0.289. The lowest BCUT2D eigenvalue weighted by molar-refractivity contribution is 0.609. The predicted molar refractivity (Wildman–Crippen MR) is 206 cm³/mol. The second-order valence-corrected chi connectivity index (χ2v) is 14.4. The molecule has 4 heteroatoms. The topological polar surface area (TPSA) is 49.6 Å². The molecule has 50 heavy (non-hydrogen) atoms. The summed E-state index contributed by atoms with van der Waals surface area (Å²) in [6.45, 7) is 4.54. The minimum Gasteiger partial charge on any atom is -0.228 e. The summed E-state index contributed by atoms with van der Waals surface area (Å²) in [4.78, 5) is 12.7. The van der Waals surface area contributed by atoms with Crippen molar-refractivity contribution in [3.63, 3.8) is 0 Å². The van der Waals surface area contributed by atoms with Crippen LogP contribution in [-0.4, -0.2) is 9.97 Å². The minimum atomic E-state index is -0.289. The van der Waals surface area contributed by atoms with Gasteiger partial charge in [-0.25, -0.2) is 9.97 Å². The van der Waals surface area contributed by atoms with Crippen LogP contribution in [0.2, 0.25) is 0 Å². The molecule has 1 aliphatic rings. The van der Waals surface area contributed by atoms with Gasteiger partial charge in [-0.3, -0.25) is 0 Å². The van der Waals surface area contributed by atoms with E-state index in [0.29, 0.717) is 11.4 Å². The van der Waals surface area contributed by atoms with Gasteiger partial charge in [-0.05, 0) is 80.6 Å². The van der Waals surface area contributed by atoms with Gasteiger partial charge in [-0.15, -0.1) is 0 Å². The number of nitrogens with zero attached hydrogens (tertiary/aromatic N) is 3. The molecule has 0 aliphatic carbocycles. The van der Waals surface area contributed by atoms with Crippen LogP contribution in [0.3, 0.4) is 0 Å². The number of aromatic nitrogens is 2. The van der Waals surface area contributed by atoms with E-state index in [0.717, 1.165) is 38.9 Å². The fraction of sp³-hybridized carbons (Fsp3) is 0.0652. The number of rotatable bonds is 4. The fourth-order valence-corrected chi connectivity index (χ4v) is 8.88. The molecule has 9 rings (SSSR count). The first kappa shape index (κ1) is 30.1. The normalized spacial score (nSPS) is 13.1. The maximum Gasteiger partial charge on any atom is 0.160 e. The largest absolute Gasteiger partial charge is 0.228 e. The number of hydrogen-bond acceptors (Lipinski definition) is 4. The number of para-hydroxylation sites is 1. The van der Waals surface area contributed by atoms with Crippen molar-refractivity contribution in [1.82, 2.24) is 9.97 Å². The van der Waals surface area contributed by atoms with E-state index in [1.807, 2.05) is 12.1 Å². The second kappa shape index (κ2) is 11.8. The van der Waals surface area contributed by atoms with Gasteiger partial charge in [0, 0.05) is 31.7 Å². The zero-order valence-corrected chi connectivity index (χ0v) is 28.5. The van der Waals surface area contributed by atoms with Crippen LogP contribution in [0, 0.1) is 11.3 Å². The highest BCUT2D eigenvalue weighted by molar-refractivity contribution is 7.99. The van der Waals surface area contributed by atoms with Gasteiger partial charge in [-0.1, -0.05) is 141 Å². The van der Waals surface area contributed by atoms with Crippen LogP contribution in [0.5, 0.6) is 0 Å². The summed E-state index contributed by atoms with van der Waals surface area (Å²) in [5.41, 5.74) is 11.4. The molecule has 8 aromatic rings. The average Bonchev–Trinajstić information content (AvgIpc) is 3.17. The summed E-state index contributed by atoms with van der Waals surface area (Å²) in [5, 5.41) is 13.2. The molecular formula is C46H31N3S. The zero-order valence-electron chi connectivity index (χ0n) is 27.7. The number of hydrogen-bond donors (Lipinski definition) is 0. The van der Waals surface area contributed by atoms with Gasteiger partial charge in [0.1, 0.15) is 0 Å². The molecule has 0 saturated heterocycles. The van der Waals surface area contributed by atoms with Gasteiger partial charge in [0.2, 0.25) is 0 Å². The molecule has 0 atom stereocenters. The maximum atomic E-state index is 9.67. The van der Waals surface area contributed by atoms with Crippen LogP contribution < -0.4 is 0 Å². The standard InChI is InChI=1S/C46H31N3S/c1-46(2)39-26-29(28-47)20-25-41(39)50-42-19-9-17-37(43(42)46)33-12-7-13-34(27-33)44-38-15-5-6-18-40(38)48-45(49-44)32-23-21-31(22-24-32)36-16-8-11-30-10-3-4-14-35(30)36/h3-27H,1-2H3. The van der Waals surface area contributed by atoms with Crippen molar-refractivity contribution < 1.29 is 0 Å². The summed E-state index contributed by atoms with van der Waals surface area (Å²) >= 11 is 1.78. The van der Waals surface area contributed by atoms with Gasteiger partial charge < -0.3 is 0 Å². The van der Waals surface area contributed by atoms with E-state index in [1.54, 1.807) is 11.8 Å². The Morgan fingerprint density at radius 1 is 0.560 bits per heavy atom. The van der Waals surface area contributed by atoms with Gasteiger partial charge in [0.25, 0.3) is 0 Å². The van der Waals surface area contributed by atoms with E-state index in [4.69, 9.17) is 9.97 Å². The molecule has 0 amide bonds. The summed E-state index contributed by atoms with van der Waals surface area (Å²) < 4.78 is 0. The quantitative estimate of drug-likeness (QED) is 0.189. The lowest BCUT2D eigenvalue weighted by Gasteiger charge is -2.36. The van der Waals surface area contributed by atoms with Crippen molar-refractivity contribution in [1.29, 1.82) is 5.26 Å². The first-order chi connectivity index (χ1) is 24.5. The average molecular weight is 658 g/mol. The molecule has 0 saturated carbocycles. The molecule has 0 fully saturated rings. The van der Waals surface area contributed by atoms with E-state index in [1.165, 1.54) is 42.8 Å². The number of benzene rings is 7. The Hall–Kier alpha value is -6.02. The smallest absolute Gasteiger partial charge is 0.160 e. The zero-order chi connectivity index (χ0) is 33.8. The van der Waals surface area contributed by atoms with E-state index in [2.05, 4.69) is 159 Å². The van der Waals surface area contributed by atoms with E-state index in [9.17, 15) is 5.26 Å². The number of fused-ring (bicyclic) bond motifs is 4. The van der Waals surface area contributed by atoms with Crippen molar-refractivity contribution in [3.05, 3.63) is 168 Å². The Morgan fingerprint density at radius 3 is 2.12 bits per heavy atom. The van der Waals surface area contributed by atoms with Crippen LogP contribution in [0.1, 0.15) is 30.5 Å². The number of nitriles is 1. The maximum absolute atomic E-state index is 9.67. The lowest BCUT2D eigenvalue weighted by Crippen LogP contribution is -2.25. The van der Waals surface area contributed by atoms with E-state index < -0.39 is 0 Å². The van der Waals surface area contributed by atoms with Crippen molar-refractivity contribution in [2.75, 3.05) is 0 Å². The van der Waals surface area contributed by atoms with Crippen LogP contribution in [0.15, 0.2) is 161 Å². The Kier molecular flexibility index (Phi) is 7.12. The Morgan fingerprint density at radius 2 is 1.26 bits per heavy atom. The summed E-state index contributed by atoms with van der Waals surface area (Å²) in [6, 6.07) is 55.6. The monoisotopic (exact) mass is 657 g/mol. The predicted octanol–water partition coefficient (Wildman–Crippen LogP) is 12.1. The first-order valence-electron chi connectivity index (χ1n) is 16.8.